The van der Waals surface area contributed by atoms with Gasteiger partial charge < -0.3 is 14.5 Å². The molecule has 0 saturated heterocycles. The fourth-order valence-corrected chi connectivity index (χ4v) is 2.29. The van der Waals surface area contributed by atoms with Gasteiger partial charge in [0.25, 0.3) is 0 Å². The van der Waals surface area contributed by atoms with Crippen LogP contribution in [-0.4, -0.2) is 7.11 Å². The number of rotatable bonds is 4. The highest BCUT2D eigenvalue weighted by Gasteiger charge is 2.13. The van der Waals surface area contributed by atoms with Gasteiger partial charge in [-0.3, -0.25) is 0 Å². The van der Waals surface area contributed by atoms with Gasteiger partial charge >= 0.3 is 0 Å². The number of furan rings is 1. The first kappa shape index (κ1) is 12.6. The van der Waals surface area contributed by atoms with Crippen molar-refractivity contribution in [1.82, 2.24) is 0 Å². The highest BCUT2D eigenvalue weighted by Crippen LogP contribution is 2.31. The molecule has 0 saturated carbocycles. The second-order valence-corrected chi connectivity index (χ2v) is 4.76. The van der Waals surface area contributed by atoms with Crippen molar-refractivity contribution < 1.29 is 9.15 Å². The Kier molecular flexibility index (Phi) is 3.33. The predicted octanol–water partition coefficient (Wildman–Crippen LogP) is 4.61. The van der Waals surface area contributed by atoms with E-state index in [0.29, 0.717) is 0 Å². The third kappa shape index (κ3) is 2.35. The number of benzene rings is 2. The molecule has 2 aromatic carbocycles. The zero-order valence-corrected chi connectivity index (χ0v) is 11.6. The molecule has 0 radical (unpaired) electrons. The summed E-state index contributed by atoms with van der Waals surface area (Å²) in [5.74, 6) is 1.66. The summed E-state index contributed by atoms with van der Waals surface area (Å²) in [6.07, 6.45) is 0. The van der Waals surface area contributed by atoms with Gasteiger partial charge in [0.2, 0.25) is 0 Å². The van der Waals surface area contributed by atoms with E-state index in [1.165, 1.54) is 0 Å². The molecule has 1 heterocycles. The van der Waals surface area contributed by atoms with Crippen LogP contribution in [0.3, 0.4) is 0 Å². The van der Waals surface area contributed by atoms with Crippen LogP contribution in [0.2, 0.25) is 0 Å². The van der Waals surface area contributed by atoms with Gasteiger partial charge in [0.15, 0.2) is 11.3 Å². The lowest BCUT2D eigenvalue weighted by Gasteiger charge is -2.12. The zero-order chi connectivity index (χ0) is 13.9. The van der Waals surface area contributed by atoms with Gasteiger partial charge in [0.05, 0.1) is 13.2 Å². The van der Waals surface area contributed by atoms with Crippen LogP contribution in [0.4, 0.5) is 5.69 Å². The van der Waals surface area contributed by atoms with E-state index in [1.54, 1.807) is 7.11 Å². The van der Waals surface area contributed by atoms with Crippen molar-refractivity contribution in [3.63, 3.8) is 0 Å². The van der Waals surface area contributed by atoms with E-state index >= 15 is 0 Å². The Labute approximate surface area is 118 Å². The molecule has 0 fully saturated rings. The molecule has 1 aromatic heterocycles. The number of anilines is 1. The van der Waals surface area contributed by atoms with Crippen molar-refractivity contribution in [2.45, 2.75) is 13.0 Å². The van der Waals surface area contributed by atoms with E-state index in [0.717, 1.165) is 28.2 Å². The Morgan fingerprint density at radius 1 is 1.05 bits per heavy atom. The van der Waals surface area contributed by atoms with Gasteiger partial charge in [-0.05, 0) is 31.2 Å². The number of ether oxygens (including phenoxy) is 1. The highest BCUT2D eigenvalue weighted by molar-refractivity contribution is 5.83. The first-order chi connectivity index (χ1) is 9.78. The van der Waals surface area contributed by atoms with Crippen LogP contribution in [0.15, 0.2) is 59.0 Å². The van der Waals surface area contributed by atoms with Crippen LogP contribution in [0.5, 0.6) is 5.75 Å². The molecule has 0 aliphatic carbocycles. The maximum atomic E-state index is 5.94. The minimum Gasteiger partial charge on any atom is -0.493 e. The quantitative estimate of drug-likeness (QED) is 0.749. The number of hydrogen-bond donors (Lipinski definition) is 1. The van der Waals surface area contributed by atoms with Gasteiger partial charge in [0, 0.05) is 11.1 Å². The van der Waals surface area contributed by atoms with Crippen LogP contribution >= 0.6 is 0 Å². The summed E-state index contributed by atoms with van der Waals surface area (Å²) >= 11 is 0. The SMILES string of the molecule is COc1cccc2cc(C(C)Nc3ccccc3)oc12. The first-order valence-electron chi connectivity index (χ1n) is 6.66. The number of hydrogen-bond acceptors (Lipinski definition) is 3. The number of nitrogens with one attached hydrogen (secondary N) is 1. The van der Waals surface area contributed by atoms with Crippen molar-refractivity contribution >= 4 is 16.7 Å². The van der Waals surface area contributed by atoms with Crippen LogP contribution < -0.4 is 10.1 Å². The lowest BCUT2D eigenvalue weighted by molar-refractivity contribution is 0.406. The monoisotopic (exact) mass is 267 g/mol. The maximum Gasteiger partial charge on any atom is 0.176 e. The molecule has 0 amide bonds. The molecule has 0 aliphatic heterocycles. The molecule has 3 heteroatoms. The number of para-hydroxylation sites is 2. The molecule has 3 rings (SSSR count). The minimum absolute atomic E-state index is 0.0921. The van der Waals surface area contributed by atoms with Crippen molar-refractivity contribution in [2.24, 2.45) is 0 Å². The second-order valence-electron chi connectivity index (χ2n) is 4.76. The molecule has 20 heavy (non-hydrogen) atoms. The Morgan fingerprint density at radius 2 is 1.85 bits per heavy atom. The van der Waals surface area contributed by atoms with Gasteiger partial charge in [-0.1, -0.05) is 30.3 Å². The molecule has 1 unspecified atom stereocenters. The van der Waals surface area contributed by atoms with E-state index < -0.39 is 0 Å². The third-order valence-electron chi connectivity index (χ3n) is 3.33. The Bertz CT molecular complexity index is 703. The molecule has 0 bridgehead atoms. The van der Waals surface area contributed by atoms with Crippen molar-refractivity contribution in [2.75, 3.05) is 12.4 Å². The normalized spacial score (nSPS) is 12.3. The fourth-order valence-electron chi connectivity index (χ4n) is 2.29. The Balaban J connectivity index is 1.90. The third-order valence-corrected chi connectivity index (χ3v) is 3.33. The lowest BCUT2D eigenvalue weighted by atomic mass is 10.2. The molecule has 3 nitrogen and oxygen atoms in total. The van der Waals surface area contributed by atoms with Gasteiger partial charge in [-0.2, -0.15) is 0 Å². The molecular formula is C17H17NO2. The van der Waals surface area contributed by atoms with Crippen LogP contribution in [0.25, 0.3) is 11.0 Å². The van der Waals surface area contributed by atoms with Gasteiger partial charge in [-0.15, -0.1) is 0 Å². The average Bonchev–Trinajstić information content (AvgIpc) is 2.92. The summed E-state index contributed by atoms with van der Waals surface area (Å²) < 4.78 is 11.3. The second kappa shape index (κ2) is 5.29. The van der Waals surface area contributed by atoms with Crippen molar-refractivity contribution in [3.8, 4) is 5.75 Å². The van der Waals surface area contributed by atoms with E-state index in [-0.39, 0.29) is 6.04 Å². The summed E-state index contributed by atoms with van der Waals surface area (Å²) in [6, 6.07) is 18.2. The van der Waals surface area contributed by atoms with Crippen molar-refractivity contribution in [1.29, 1.82) is 0 Å². The Hall–Kier alpha value is -2.42. The standard InChI is InChI=1S/C17H17NO2/c1-12(18-14-8-4-3-5-9-14)16-11-13-7-6-10-15(19-2)17(13)20-16/h3-12,18H,1-2H3. The van der Waals surface area contributed by atoms with Crippen LogP contribution in [0.1, 0.15) is 18.7 Å². The number of methoxy groups -OCH3 is 1. The molecule has 0 aliphatic rings. The maximum absolute atomic E-state index is 5.94. The molecule has 1 N–H and O–H groups in total. The van der Waals surface area contributed by atoms with Gasteiger partial charge in [-0.25, -0.2) is 0 Å². The minimum atomic E-state index is 0.0921. The molecule has 0 spiro atoms. The van der Waals surface area contributed by atoms with E-state index in [4.69, 9.17) is 9.15 Å². The summed E-state index contributed by atoms with van der Waals surface area (Å²) in [7, 11) is 1.66. The summed E-state index contributed by atoms with van der Waals surface area (Å²) in [6.45, 7) is 2.08. The smallest absolute Gasteiger partial charge is 0.176 e. The Morgan fingerprint density at radius 3 is 2.60 bits per heavy atom. The number of fused-ring (bicyclic) bond motifs is 1. The van der Waals surface area contributed by atoms with Gasteiger partial charge in [0.1, 0.15) is 5.76 Å². The largest absolute Gasteiger partial charge is 0.493 e. The molecular weight excluding hydrogens is 250 g/mol. The highest BCUT2D eigenvalue weighted by atomic mass is 16.5. The topological polar surface area (TPSA) is 34.4 Å². The summed E-state index contributed by atoms with van der Waals surface area (Å²) in [4.78, 5) is 0. The summed E-state index contributed by atoms with van der Waals surface area (Å²) in [5, 5.41) is 4.48. The van der Waals surface area contributed by atoms with Crippen LogP contribution in [-0.2, 0) is 0 Å². The predicted molar refractivity (Wildman–Crippen MR) is 81.2 cm³/mol. The van der Waals surface area contributed by atoms with E-state index in [1.807, 2.05) is 48.5 Å². The van der Waals surface area contributed by atoms with E-state index in [9.17, 15) is 0 Å². The summed E-state index contributed by atoms with van der Waals surface area (Å²) in [5.41, 5.74) is 1.87. The van der Waals surface area contributed by atoms with Crippen LogP contribution in [0, 0.1) is 0 Å². The molecule has 102 valence electrons. The zero-order valence-electron chi connectivity index (χ0n) is 11.6. The van der Waals surface area contributed by atoms with Crippen molar-refractivity contribution in [3.05, 3.63) is 60.4 Å². The first-order valence-corrected chi connectivity index (χ1v) is 6.66. The fraction of sp³-hybridized carbons (Fsp3) is 0.176. The average molecular weight is 267 g/mol. The van der Waals surface area contributed by atoms with E-state index in [2.05, 4.69) is 18.3 Å². The molecule has 1 atom stereocenters. The lowest BCUT2D eigenvalue weighted by Crippen LogP contribution is -2.04. The molecule has 3 aromatic rings.